The summed E-state index contributed by atoms with van der Waals surface area (Å²) in [5.41, 5.74) is 3.79. The molecule has 160 valence electrons. The van der Waals surface area contributed by atoms with E-state index in [-0.39, 0.29) is 11.6 Å². The van der Waals surface area contributed by atoms with Gasteiger partial charge in [-0.05, 0) is 54.3 Å². The van der Waals surface area contributed by atoms with Crippen molar-refractivity contribution >= 4 is 10.9 Å². The molecule has 1 aliphatic heterocycles. The van der Waals surface area contributed by atoms with Gasteiger partial charge in [-0.15, -0.1) is 5.10 Å². The number of aryl methyl sites for hydroxylation is 2. The SMILES string of the molecule is COCCn1nnnc1[C@H](c1cc2c(C)ccc(C)c2[nH]c1=O)[NH+]1CCC[C@H](C)C1. The number of aromatic nitrogens is 5. The summed E-state index contributed by atoms with van der Waals surface area (Å²) in [7, 11) is 1.66. The lowest BCUT2D eigenvalue weighted by Crippen LogP contribution is -3.14. The maximum atomic E-state index is 13.3. The first-order valence-corrected chi connectivity index (χ1v) is 10.7. The number of tetrazole rings is 1. The first-order chi connectivity index (χ1) is 14.5. The summed E-state index contributed by atoms with van der Waals surface area (Å²) in [4.78, 5) is 17.8. The second kappa shape index (κ2) is 8.65. The number of methoxy groups -OCH3 is 1. The molecule has 0 saturated carbocycles. The van der Waals surface area contributed by atoms with Crippen LogP contribution in [0, 0.1) is 19.8 Å². The Labute approximate surface area is 176 Å². The van der Waals surface area contributed by atoms with Crippen LogP contribution in [0.25, 0.3) is 10.9 Å². The summed E-state index contributed by atoms with van der Waals surface area (Å²) in [6.45, 7) is 9.45. The molecule has 0 aliphatic carbocycles. The fourth-order valence-electron chi connectivity index (χ4n) is 4.69. The Hall–Kier alpha value is -2.58. The van der Waals surface area contributed by atoms with Crippen molar-refractivity contribution in [1.29, 1.82) is 0 Å². The number of quaternary nitrogens is 1. The summed E-state index contributed by atoms with van der Waals surface area (Å²) < 4.78 is 7.02. The van der Waals surface area contributed by atoms with E-state index in [0.29, 0.717) is 19.1 Å². The summed E-state index contributed by atoms with van der Waals surface area (Å²) >= 11 is 0. The average Bonchev–Trinajstić information content (AvgIpc) is 3.18. The van der Waals surface area contributed by atoms with Crippen molar-refractivity contribution in [3.05, 3.63) is 51.1 Å². The predicted molar refractivity (Wildman–Crippen MR) is 115 cm³/mol. The van der Waals surface area contributed by atoms with Gasteiger partial charge in [-0.2, -0.15) is 0 Å². The van der Waals surface area contributed by atoms with Gasteiger partial charge < -0.3 is 14.6 Å². The highest BCUT2D eigenvalue weighted by Crippen LogP contribution is 2.24. The Balaban J connectivity index is 1.88. The van der Waals surface area contributed by atoms with Gasteiger partial charge in [-0.3, -0.25) is 4.79 Å². The number of nitrogens with one attached hydrogen (secondary N) is 2. The number of rotatable bonds is 6. The third kappa shape index (κ3) is 3.89. The fraction of sp³-hybridized carbons (Fsp3) is 0.545. The van der Waals surface area contributed by atoms with Gasteiger partial charge in [-0.1, -0.05) is 19.1 Å². The van der Waals surface area contributed by atoms with E-state index in [1.54, 1.807) is 11.8 Å². The van der Waals surface area contributed by atoms with E-state index >= 15 is 0 Å². The van der Waals surface area contributed by atoms with Crippen LogP contribution in [-0.2, 0) is 11.3 Å². The molecule has 1 unspecified atom stereocenters. The van der Waals surface area contributed by atoms with Crippen LogP contribution in [-0.4, -0.2) is 52.0 Å². The molecule has 1 aromatic carbocycles. The topological polar surface area (TPSA) is 90.1 Å². The molecule has 0 spiro atoms. The molecule has 3 heterocycles. The van der Waals surface area contributed by atoms with Gasteiger partial charge in [0.05, 0.1) is 37.3 Å². The van der Waals surface area contributed by atoms with Crippen molar-refractivity contribution in [2.24, 2.45) is 5.92 Å². The highest BCUT2D eigenvalue weighted by Gasteiger charge is 2.36. The average molecular weight is 412 g/mol. The van der Waals surface area contributed by atoms with Crippen LogP contribution in [0.1, 0.15) is 48.3 Å². The Morgan fingerprint density at radius 3 is 2.90 bits per heavy atom. The van der Waals surface area contributed by atoms with Crippen LogP contribution in [0.2, 0.25) is 0 Å². The van der Waals surface area contributed by atoms with E-state index in [0.717, 1.165) is 52.9 Å². The minimum absolute atomic E-state index is 0.0618. The largest absolute Gasteiger partial charge is 0.383 e. The second-order valence-corrected chi connectivity index (χ2v) is 8.59. The number of fused-ring (bicyclic) bond motifs is 1. The monoisotopic (exact) mass is 411 g/mol. The van der Waals surface area contributed by atoms with Gasteiger partial charge in [0.1, 0.15) is 0 Å². The maximum absolute atomic E-state index is 13.3. The Kier molecular flexibility index (Phi) is 5.97. The predicted octanol–water partition coefficient (Wildman–Crippen LogP) is 1.18. The molecule has 1 saturated heterocycles. The van der Waals surface area contributed by atoms with Gasteiger partial charge in [0, 0.05) is 18.4 Å². The molecule has 1 fully saturated rings. The summed E-state index contributed by atoms with van der Waals surface area (Å²) in [5.74, 6) is 1.33. The molecule has 2 aromatic heterocycles. The second-order valence-electron chi connectivity index (χ2n) is 8.59. The Bertz CT molecular complexity index is 1090. The number of benzene rings is 1. The number of piperidine rings is 1. The number of nitrogens with zero attached hydrogens (tertiary/aromatic N) is 4. The number of likely N-dealkylation sites (tertiary alicyclic amines) is 1. The molecule has 2 N–H and O–H groups in total. The lowest BCUT2D eigenvalue weighted by Gasteiger charge is -2.33. The van der Waals surface area contributed by atoms with Crippen molar-refractivity contribution in [3.63, 3.8) is 0 Å². The van der Waals surface area contributed by atoms with Crippen molar-refractivity contribution in [1.82, 2.24) is 25.2 Å². The van der Waals surface area contributed by atoms with Gasteiger partial charge in [0.15, 0.2) is 6.04 Å². The van der Waals surface area contributed by atoms with Crippen molar-refractivity contribution in [2.75, 3.05) is 26.8 Å². The summed E-state index contributed by atoms with van der Waals surface area (Å²) in [6.07, 6.45) is 2.35. The van der Waals surface area contributed by atoms with Crippen LogP contribution in [0.5, 0.6) is 0 Å². The lowest BCUT2D eigenvalue weighted by molar-refractivity contribution is -0.934. The van der Waals surface area contributed by atoms with Crippen molar-refractivity contribution < 1.29 is 9.64 Å². The molecule has 3 atom stereocenters. The van der Waals surface area contributed by atoms with E-state index in [1.807, 2.05) is 13.0 Å². The molecular weight excluding hydrogens is 380 g/mol. The highest BCUT2D eigenvalue weighted by molar-refractivity contribution is 5.85. The van der Waals surface area contributed by atoms with Crippen LogP contribution >= 0.6 is 0 Å². The zero-order chi connectivity index (χ0) is 21.3. The lowest BCUT2D eigenvalue weighted by atomic mass is 9.95. The summed E-state index contributed by atoms with van der Waals surface area (Å²) in [5, 5.41) is 13.6. The summed E-state index contributed by atoms with van der Waals surface area (Å²) in [6, 6.07) is 6.00. The van der Waals surface area contributed by atoms with Crippen LogP contribution in [0.3, 0.4) is 0 Å². The fourth-order valence-corrected chi connectivity index (χ4v) is 4.69. The molecule has 0 radical (unpaired) electrons. The molecule has 3 aromatic rings. The number of hydrogen-bond acceptors (Lipinski definition) is 5. The molecule has 8 nitrogen and oxygen atoms in total. The minimum Gasteiger partial charge on any atom is -0.383 e. The van der Waals surface area contributed by atoms with Crippen LogP contribution in [0.15, 0.2) is 23.0 Å². The standard InChI is InChI=1S/C22H30N6O2/c1-14-6-5-9-27(13-14)20(21-24-25-26-28(21)10-11-30-4)18-12-17-15(2)7-8-16(3)19(17)23-22(18)29/h7-8,12,14,20H,5-6,9-11,13H2,1-4H3,(H,23,29)/p+1/t14-,20-/m0/s1. The number of pyridine rings is 1. The number of aromatic amines is 1. The molecule has 1 aliphatic rings. The third-order valence-electron chi connectivity index (χ3n) is 6.32. The van der Waals surface area contributed by atoms with Gasteiger partial charge in [0.25, 0.3) is 5.56 Å². The van der Waals surface area contributed by atoms with Crippen LogP contribution < -0.4 is 10.5 Å². The van der Waals surface area contributed by atoms with Crippen LogP contribution in [0.4, 0.5) is 0 Å². The normalized spacial score (nSPS) is 20.5. The molecule has 0 amide bonds. The van der Waals surface area contributed by atoms with Gasteiger partial charge in [-0.25, -0.2) is 4.68 Å². The Morgan fingerprint density at radius 1 is 1.33 bits per heavy atom. The van der Waals surface area contributed by atoms with E-state index in [1.165, 1.54) is 11.3 Å². The van der Waals surface area contributed by atoms with Gasteiger partial charge >= 0.3 is 0 Å². The molecular formula is C22H31N6O2+. The molecule has 0 bridgehead atoms. The number of hydrogen-bond donors (Lipinski definition) is 2. The number of ether oxygens (including phenoxy) is 1. The first kappa shape index (κ1) is 20.7. The Morgan fingerprint density at radius 2 is 2.13 bits per heavy atom. The van der Waals surface area contributed by atoms with E-state index in [2.05, 4.69) is 46.5 Å². The molecule has 4 rings (SSSR count). The highest BCUT2D eigenvalue weighted by atomic mass is 16.5. The molecule has 8 heteroatoms. The van der Waals surface area contributed by atoms with Crippen molar-refractivity contribution in [2.45, 2.75) is 46.2 Å². The van der Waals surface area contributed by atoms with E-state index in [4.69, 9.17) is 4.74 Å². The smallest absolute Gasteiger partial charge is 0.258 e. The van der Waals surface area contributed by atoms with E-state index < -0.39 is 0 Å². The van der Waals surface area contributed by atoms with Crippen molar-refractivity contribution in [3.8, 4) is 0 Å². The zero-order valence-electron chi connectivity index (χ0n) is 18.2. The third-order valence-corrected chi connectivity index (χ3v) is 6.32. The maximum Gasteiger partial charge on any atom is 0.258 e. The van der Waals surface area contributed by atoms with E-state index in [9.17, 15) is 4.79 Å². The minimum atomic E-state index is -0.215. The zero-order valence-corrected chi connectivity index (χ0v) is 18.2. The molecule has 30 heavy (non-hydrogen) atoms. The number of H-pyrrole nitrogens is 1. The first-order valence-electron chi connectivity index (χ1n) is 10.7. The quantitative estimate of drug-likeness (QED) is 0.636. The van der Waals surface area contributed by atoms with Gasteiger partial charge in [0.2, 0.25) is 5.82 Å².